The Morgan fingerprint density at radius 2 is 2.00 bits per heavy atom. The summed E-state index contributed by atoms with van der Waals surface area (Å²) in [4.78, 5) is 10.7. The second-order valence-electron chi connectivity index (χ2n) is 2.39. The van der Waals surface area contributed by atoms with Gasteiger partial charge in [0.2, 0.25) is 0 Å². The van der Waals surface area contributed by atoms with Gasteiger partial charge in [-0.1, -0.05) is 28.1 Å². The highest BCUT2D eigenvalue weighted by atomic mass is 79.9. The summed E-state index contributed by atoms with van der Waals surface area (Å²) in [5.74, 6) is 4.59. The fourth-order valence-corrected chi connectivity index (χ4v) is 1.06. The molecule has 0 atom stereocenters. The van der Waals surface area contributed by atoms with Crippen LogP contribution in [0.1, 0.15) is 5.56 Å². The van der Waals surface area contributed by atoms with Gasteiger partial charge in [-0.3, -0.25) is 10.2 Å². The molecule has 0 saturated heterocycles. The van der Waals surface area contributed by atoms with Gasteiger partial charge in [0.15, 0.2) is 0 Å². The van der Waals surface area contributed by atoms with E-state index in [2.05, 4.69) is 15.9 Å². The number of benzene rings is 1. The zero-order valence-electron chi connectivity index (χ0n) is 6.83. The SMILES string of the molecule is NNC(=O)C=Cc1ccc(Br)cc1. The third-order valence-electron chi connectivity index (χ3n) is 1.44. The van der Waals surface area contributed by atoms with Crippen LogP contribution < -0.4 is 11.3 Å². The van der Waals surface area contributed by atoms with E-state index in [0.29, 0.717) is 0 Å². The molecule has 0 radical (unpaired) electrons. The van der Waals surface area contributed by atoms with Crippen molar-refractivity contribution in [2.75, 3.05) is 0 Å². The van der Waals surface area contributed by atoms with Crippen molar-refractivity contribution in [1.29, 1.82) is 0 Å². The summed E-state index contributed by atoms with van der Waals surface area (Å²) in [7, 11) is 0. The smallest absolute Gasteiger partial charge is 0.257 e. The molecule has 0 aliphatic heterocycles. The third-order valence-corrected chi connectivity index (χ3v) is 1.97. The number of halogens is 1. The number of hydrogen-bond acceptors (Lipinski definition) is 2. The van der Waals surface area contributed by atoms with Gasteiger partial charge >= 0.3 is 0 Å². The Hall–Kier alpha value is -1.13. The number of amides is 1. The van der Waals surface area contributed by atoms with Crippen LogP contribution in [0.5, 0.6) is 0 Å². The molecular formula is C9H9BrN2O. The van der Waals surface area contributed by atoms with E-state index in [1.165, 1.54) is 6.08 Å². The molecule has 0 saturated carbocycles. The quantitative estimate of drug-likeness (QED) is 0.356. The summed E-state index contributed by atoms with van der Waals surface area (Å²) in [6, 6.07) is 7.59. The van der Waals surface area contributed by atoms with Crippen LogP contribution >= 0.6 is 15.9 Å². The van der Waals surface area contributed by atoms with Gasteiger partial charge in [0, 0.05) is 10.5 Å². The normalized spacial score (nSPS) is 10.3. The molecule has 13 heavy (non-hydrogen) atoms. The Labute approximate surface area is 84.7 Å². The maximum Gasteiger partial charge on any atom is 0.257 e. The number of hydrogen-bond donors (Lipinski definition) is 2. The van der Waals surface area contributed by atoms with Crippen molar-refractivity contribution in [3.63, 3.8) is 0 Å². The van der Waals surface area contributed by atoms with Crippen molar-refractivity contribution < 1.29 is 4.79 Å². The topological polar surface area (TPSA) is 55.1 Å². The second-order valence-corrected chi connectivity index (χ2v) is 3.31. The molecule has 4 heteroatoms. The van der Waals surface area contributed by atoms with Gasteiger partial charge in [-0.2, -0.15) is 0 Å². The summed E-state index contributed by atoms with van der Waals surface area (Å²) in [6.45, 7) is 0. The lowest BCUT2D eigenvalue weighted by Gasteiger charge is -1.93. The minimum atomic E-state index is -0.317. The lowest BCUT2D eigenvalue weighted by Crippen LogP contribution is -2.27. The number of nitrogens with one attached hydrogen (secondary N) is 1. The van der Waals surface area contributed by atoms with Gasteiger partial charge in [-0.15, -0.1) is 0 Å². The van der Waals surface area contributed by atoms with E-state index >= 15 is 0 Å². The first-order chi connectivity index (χ1) is 6.22. The van der Waals surface area contributed by atoms with Crippen molar-refractivity contribution in [2.45, 2.75) is 0 Å². The van der Waals surface area contributed by atoms with E-state index in [1.807, 2.05) is 29.7 Å². The zero-order chi connectivity index (χ0) is 9.68. The third kappa shape index (κ3) is 3.40. The van der Waals surface area contributed by atoms with E-state index in [1.54, 1.807) is 6.08 Å². The molecule has 0 fully saturated rings. The van der Waals surface area contributed by atoms with E-state index in [9.17, 15) is 4.79 Å². The Morgan fingerprint density at radius 3 is 2.54 bits per heavy atom. The Balaban J connectivity index is 2.69. The highest BCUT2D eigenvalue weighted by Gasteiger charge is 1.90. The molecule has 0 heterocycles. The fraction of sp³-hybridized carbons (Fsp3) is 0. The maximum atomic E-state index is 10.7. The first-order valence-corrected chi connectivity index (χ1v) is 4.46. The molecule has 0 unspecified atom stereocenters. The minimum Gasteiger partial charge on any atom is -0.291 e. The highest BCUT2D eigenvalue weighted by molar-refractivity contribution is 9.10. The summed E-state index contributed by atoms with van der Waals surface area (Å²) in [6.07, 6.45) is 3.07. The fourth-order valence-electron chi connectivity index (χ4n) is 0.794. The molecule has 1 aromatic carbocycles. The predicted molar refractivity (Wildman–Crippen MR) is 55.5 cm³/mol. The molecule has 3 nitrogen and oxygen atoms in total. The molecule has 0 aromatic heterocycles. The van der Waals surface area contributed by atoms with Gasteiger partial charge in [0.1, 0.15) is 0 Å². The van der Waals surface area contributed by atoms with Crippen LogP contribution in [-0.4, -0.2) is 5.91 Å². The second kappa shape index (κ2) is 4.79. The first kappa shape index (κ1) is 9.95. The molecule has 68 valence electrons. The number of rotatable bonds is 2. The molecule has 0 aliphatic carbocycles. The summed E-state index contributed by atoms with van der Waals surface area (Å²) in [5.41, 5.74) is 2.96. The zero-order valence-corrected chi connectivity index (χ0v) is 8.41. The van der Waals surface area contributed by atoms with Gasteiger partial charge in [-0.05, 0) is 23.8 Å². The largest absolute Gasteiger partial charge is 0.291 e. The van der Waals surface area contributed by atoms with Crippen LogP contribution in [0.3, 0.4) is 0 Å². The van der Waals surface area contributed by atoms with E-state index in [4.69, 9.17) is 5.84 Å². The lowest BCUT2D eigenvalue weighted by molar-refractivity contribution is -0.116. The van der Waals surface area contributed by atoms with Crippen LogP contribution in [0.15, 0.2) is 34.8 Å². The molecule has 1 aromatic rings. The van der Waals surface area contributed by atoms with Crippen molar-refractivity contribution in [1.82, 2.24) is 5.43 Å². The average molecular weight is 241 g/mol. The minimum absolute atomic E-state index is 0.317. The average Bonchev–Trinajstić information content (AvgIpc) is 2.16. The molecule has 0 aliphatic rings. The molecule has 3 N–H and O–H groups in total. The van der Waals surface area contributed by atoms with Gasteiger partial charge in [0.25, 0.3) is 5.91 Å². The van der Waals surface area contributed by atoms with Crippen LogP contribution in [0.25, 0.3) is 6.08 Å². The van der Waals surface area contributed by atoms with E-state index in [-0.39, 0.29) is 5.91 Å². The van der Waals surface area contributed by atoms with Crippen molar-refractivity contribution in [3.8, 4) is 0 Å². The molecular weight excluding hydrogens is 232 g/mol. The standard InChI is InChI=1S/C9H9BrN2O/c10-8-4-1-7(2-5-8)3-6-9(13)12-11/h1-6H,11H2,(H,12,13). The molecule has 1 rings (SSSR count). The lowest BCUT2D eigenvalue weighted by atomic mass is 10.2. The van der Waals surface area contributed by atoms with Crippen LogP contribution in [0, 0.1) is 0 Å². The Bertz CT molecular complexity index is 319. The van der Waals surface area contributed by atoms with Crippen LogP contribution in [0.4, 0.5) is 0 Å². The number of carbonyl (C=O) groups excluding carboxylic acids is 1. The molecule has 0 bridgehead atoms. The first-order valence-electron chi connectivity index (χ1n) is 3.66. The van der Waals surface area contributed by atoms with Crippen LogP contribution in [-0.2, 0) is 4.79 Å². The summed E-state index contributed by atoms with van der Waals surface area (Å²) in [5, 5.41) is 0. The number of carbonyl (C=O) groups is 1. The summed E-state index contributed by atoms with van der Waals surface area (Å²) >= 11 is 3.32. The number of nitrogens with two attached hydrogens (primary N) is 1. The van der Waals surface area contributed by atoms with Crippen molar-refractivity contribution in [3.05, 3.63) is 40.4 Å². The predicted octanol–water partition coefficient (Wildman–Crippen LogP) is 1.45. The molecule has 1 amide bonds. The highest BCUT2D eigenvalue weighted by Crippen LogP contribution is 2.11. The Kier molecular flexibility index (Phi) is 3.67. The van der Waals surface area contributed by atoms with E-state index < -0.39 is 0 Å². The maximum absolute atomic E-state index is 10.7. The monoisotopic (exact) mass is 240 g/mol. The number of hydrazine groups is 1. The molecule has 0 spiro atoms. The van der Waals surface area contributed by atoms with Gasteiger partial charge < -0.3 is 0 Å². The van der Waals surface area contributed by atoms with Crippen LogP contribution in [0.2, 0.25) is 0 Å². The van der Waals surface area contributed by atoms with Gasteiger partial charge in [-0.25, -0.2) is 5.84 Å². The Morgan fingerprint density at radius 1 is 1.38 bits per heavy atom. The van der Waals surface area contributed by atoms with Crippen molar-refractivity contribution in [2.24, 2.45) is 5.84 Å². The van der Waals surface area contributed by atoms with E-state index in [0.717, 1.165) is 10.0 Å². The van der Waals surface area contributed by atoms with Gasteiger partial charge in [0.05, 0.1) is 0 Å². The summed E-state index contributed by atoms with van der Waals surface area (Å²) < 4.78 is 1.01. The van der Waals surface area contributed by atoms with Crippen molar-refractivity contribution >= 4 is 27.9 Å².